The highest BCUT2D eigenvalue weighted by Crippen LogP contribution is 2.25. The third-order valence-electron chi connectivity index (χ3n) is 3.62. The fourth-order valence-electron chi connectivity index (χ4n) is 2.35. The molecule has 6 nitrogen and oxygen atoms in total. The summed E-state index contributed by atoms with van der Waals surface area (Å²) in [5.41, 5.74) is 1.98. The van der Waals surface area contributed by atoms with Gasteiger partial charge in [-0.25, -0.2) is 4.68 Å². The van der Waals surface area contributed by atoms with E-state index in [4.69, 9.17) is 0 Å². The highest BCUT2D eigenvalue weighted by atomic mass is 32.2. The highest BCUT2D eigenvalue weighted by Gasteiger charge is 2.10. The van der Waals surface area contributed by atoms with Gasteiger partial charge in [0.25, 0.3) is 0 Å². The second-order valence-electron chi connectivity index (χ2n) is 5.45. The third-order valence-corrected chi connectivity index (χ3v) is 5.37. The molecule has 0 radical (unpaired) electrons. The summed E-state index contributed by atoms with van der Waals surface area (Å²) in [5.74, 6) is 0.601. The number of benzene rings is 2. The number of tetrazole rings is 1. The summed E-state index contributed by atoms with van der Waals surface area (Å²) in [5, 5.41) is 15.5. The normalized spacial score (nSPS) is 10.7. The molecule has 3 aromatic rings. The lowest BCUT2D eigenvalue weighted by atomic mass is 10.2. The predicted molar refractivity (Wildman–Crippen MR) is 106 cm³/mol. The van der Waals surface area contributed by atoms with Crippen molar-refractivity contribution < 1.29 is 4.79 Å². The molecule has 0 aliphatic heterocycles. The smallest absolute Gasteiger partial charge is 0.225 e. The van der Waals surface area contributed by atoms with Crippen molar-refractivity contribution in [3.05, 3.63) is 60.2 Å². The van der Waals surface area contributed by atoms with Gasteiger partial charge in [-0.2, -0.15) is 0 Å². The number of nitrogens with one attached hydrogen (secondary N) is 1. The van der Waals surface area contributed by atoms with E-state index in [1.165, 1.54) is 11.8 Å². The molecule has 0 atom stereocenters. The van der Waals surface area contributed by atoms with Gasteiger partial charge in [0.15, 0.2) is 0 Å². The van der Waals surface area contributed by atoms with Crippen molar-refractivity contribution in [2.45, 2.75) is 23.0 Å². The molecule has 0 saturated heterocycles. The van der Waals surface area contributed by atoms with Crippen LogP contribution >= 0.6 is 23.5 Å². The van der Waals surface area contributed by atoms with Crippen LogP contribution in [0, 0.1) is 0 Å². The lowest BCUT2D eigenvalue weighted by Crippen LogP contribution is -2.13. The summed E-state index contributed by atoms with van der Waals surface area (Å²) in [7, 11) is 0. The number of amides is 1. The summed E-state index contributed by atoms with van der Waals surface area (Å²) in [6.45, 7) is 0.615. The van der Waals surface area contributed by atoms with E-state index >= 15 is 0 Å². The van der Waals surface area contributed by atoms with Gasteiger partial charge in [-0.15, -0.1) is 16.9 Å². The fraction of sp³-hybridized carbons (Fsp3) is 0.222. The zero-order valence-corrected chi connectivity index (χ0v) is 16.0. The minimum atomic E-state index is -0.0129. The molecular weight excluding hydrogens is 366 g/mol. The molecule has 2 aromatic carbocycles. The molecule has 1 amide bonds. The molecule has 0 aliphatic carbocycles. The van der Waals surface area contributed by atoms with Crippen molar-refractivity contribution in [3.8, 4) is 0 Å². The Morgan fingerprint density at radius 1 is 1.12 bits per heavy atom. The van der Waals surface area contributed by atoms with E-state index in [0.29, 0.717) is 23.9 Å². The van der Waals surface area contributed by atoms with Gasteiger partial charge in [-0.1, -0.05) is 54.2 Å². The first-order valence-electron chi connectivity index (χ1n) is 8.12. The fourth-order valence-corrected chi connectivity index (χ4v) is 3.72. The van der Waals surface area contributed by atoms with Crippen LogP contribution in [0.5, 0.6) is 0 Å². The van der Waals surface area contributed by atoms with Crippen LogP contribution < -0.4 is 5.32 Å². The van der Waals surface area contributed by atoms with Crippen LogP contribution in [0.1, 0.15) is 12.0 Å². The first-order valence-corrected chi connectivity index (χ1v) is 10.3. The second-order valence-corrected chi connectivity index (χ2v) is 7.36. The van der Waals surface area contributed by atoms with Gasteiger partial charge in [0.1, 0.15) is 0 Å². The second kappa shape index (κ2) is 9.40. The zero-order valence-electron chi connectivity index (χ0n) is 14.3. The van der Waals surface area contributed by atoms with E-state index < -0.39 is 0 Å². The number of aromatic nitrogens is 4. The number of hydrogen-bond donors (Lipinski definition) is 1. The molecule has 134 valence electrons. The van der Waals surface area contributed by atoms with E-state index in [9.17, 15) is 4.79 Å². The van der Waals surface area contributed by atoms with E-state index in [1.807, 2.05) is 60.9 Å². The van der Waals surface area contributed by atoms with E-state index in [1.54, 1.807) is 16.4 Å². The van der Waals surface area contributed by atoms with Gasteiger partial charge in [0, 0.05) is 17.1 Å². The molecule has 0 spiro atoms. The molecule has 0 bridgehead atoms. The van der Waals surface area contributed by atoms with Gasteiger partial charge in [0.05, 0.1) is 12.2 Å². The Hall–Kier alpha value is -2.32. The van der Waals surface area contributed by atoms with Crippen molar-refractivity contribution >= 4 is 35.1 Å². The molecule has 1 heterocycles. The van der Waals surface area contributed by atoms with Crippen LogP contribution in [0.3, 0.4) is 0 Å². The Bertz CT molecular complexity index is 854. The Kier molecular flexibility index (Phi) is 6.68. The van der Waals surface area contributed by atoms with Crippen molar-refractivity contribution in [2.24, 2.45) is 0 Å². The van der Waals surface area contributed by atoms with Gasteiger partial charge in [0.2, 0.25) is 11.1 Å². The molecule has 0 unspecified atom stereocenters. The molecule has 26 heavy (non-hydrogen) atoms. The molecule has 0 aliphatic rings. The Morgan fingerprint density at radius 3 is 2.69 bits per heavy atom. The Labute approximate surface area is 160 Å². The van der Waals surface area contributed by atoms with Crippen molar-refractivity contribution in [1.82, 2.24) is 20.2 Å². The van der Waals surface area contributed by atoms with Gasteiger partial charge in [-0.05, 0) is 34.4 Å². The summed E-state index contributed by atoms with van der Waals surface area (Å²) < 4.78 is 1.75. The van der Waals surface area contributed by atoms with E-state index in [-0.39, 0.29) is 5.91 Å². The van der Waals surface area contributed by atoms with E-state index in [0.717, 1.165) is 16.1 Å². The summed E-state index contributed by atoms with van der Waals surface area (Å²) >= 11 is 3.09. The van der Waals surface area contributed by atoms with Crippen LogP contribution in [-0.4, -0.2) is 38.1 Å². The first kappa shape index (κ1) is 18.5. The number of rotatable bonds is 8. The average molecular weight is 386 g/mol. The van der Waals surface area contributed by atoms with E-state index in [2.05, 4.69) is 20.8 Å². The van der Waals surface area contributed by atoms with Crippen LogP contribution in [-0.2, 0) is 11.3 Å². The minimum Gasteiger partial charge on any atom is -0.325 e. The quantitative estimate of drug-likeness (QED) is 0.598. The number of carbonyl (C=O) groups excluding carboxylic acids is 1. The van der Waals surface area contributed by atoms with Crippen molar-refractivity contribution in [3.63, 3.8) is 0 Å². The minimum absolute atomic E-state index is 0.0129. The molecular formula is C18H19N5OS2. The number of hydrogen-bond acceptors (Lipinski definition) is 6. The highest BCUT2D eigenvalue weighted by molar-refractivity contribution is 7.99. The van der Waals surface area contributed by atoms with Crippen LogP contribution in [0.2, 0.25) is 0 Å². The van der Waals surface area contributed by atoms with Crippen molar-refractivity contribution in [1.29, 1.82) is 0 Å². The van der Waals surface area contributed by atoms with Crippen molar-refractivity contribution in [2.75, 3.05) is 17.3 Å². The molecule has 1 N–H and O–H groups in total. The number of anilines is 1. The summed E-state index contributed by atoms with van der Waals surface area (Å²) in [6, 6.07) is 17.8. The standard InChI is InChI=1S/C18H19N5OS2/c1-25-16-10-6-5-9-15(16)19-17(24)11-12-26-18-20-21-22-23(18)13-14-7-3-2-4-8-14/h2-10H,11-13H2,1H3,(H,19,24). The largest absolute Gasteiger partial charge is 0.325 e. The van der Waals surface area contributed by atoms with Gasteiger partial charge < -0.3 is 5.32 Å². The molecule has 8 heteroatoms. The number of thioether (sulfide) groups is 2. The molecule has 0 fully saturated rings. The first-order chi connectivity index (χ1) is 12.8. The SMILES string of the molecule is CSc1ccccc1NC(=O)CCSc1nnnn1Cc1ccccc1. The van der Waals surface area contributed by atoms with Crippen LogP contribution in [0.25, 0.3) is 0 Å². The summed E-state index contributed by atoms with van der Waals surface area (Å²) in [4.78, 5) is 13.2. The van der Waals surface area contributed by atoms with Gasteiger partial charge in [-0.3, -0.25) is 4.79 Å². The van der Waals surface area contributed by atoms with Gasteiger partial charge >= 0.3 is 0 Å². The number of para-hydroxylation sites is 1. The number of nitrogens with zero attached hydrogens (tertiary/aromatic N) is 4. The maximum absolute atomic E-state index is 12.2. The summed E-state index contributed by atoms with van der Waals surface area (Å²) in [6.07, 6.45) is 2.39. The predicted octanol–water partition coefficient (Wildman–Crippen LogP) is 3.56. The van der Waals surface area contributed by atoms with Crippen LogP contribution in [0.4, 0.5) is 5.69 Å². The lowest BCUT2D eigenvalue weighted by Gasteiger charge is -2.09. The molecule has 0 saturated carbocycles. The Morgan fingerprint density at radius 2 is 1.88 bits per heavy atom. The zero-order chi connectivity index (χ0) is 18.2. The monoisotopic (exact) mass is 385 g/mol. The lowest BCUT2D eigenvalue weighted by molar-refractivity contribution is -0.115. The molecule has 3 rings (SSSR count). The maximum atomic E-state index is 12.2. The Balaban J connectivity index is 1.51. The average Bonchev–Trinajstić information content (AvgIpc) is 3.10. The molecule has 1 aromatic heterocycles. The maximum Gasteiger partial charge on any atom is 0.225 e. The number of carbonyl (C=O) groups is 1. The van der Waals surface area contributed by atoms with Crippen LogP contribution in [0.15, 0.2) is 64.6 Å². The topological polar surface area (TPSA) is 72.7 Å². The third kappa shape index (κ3) is 5.09.